The average Bonchev–Trinajstić information content (AvgIpc) is 2.32. The summed E-state index contributed by atoms with van der Waals surface area (Å²) in [5, 5.41) is 0. The van der Waals surface area contributed by atoms with Gasteiger partial charge >= 0.3 is 110 Å². The van der Waals surface area contributed by atoms with Gasteiger partial charge in [-0.1, -0.05) is 0 Å². The molecule has 17 heavy (non-hydrogen) atoms. The second-order valence-electron chi connectivity index (χ2n) is 3.72. The second-order valence-corrected chi connectivity index (χ2v) is 6.83. The van der Waals surface area contributed by atoms with Gasteiger partial charge in [0.05, 0.1) is 0 Å². The molecule has 0 saturated carbocycles. The van der Waals surface area contributed by atoms with Crippen LogP contribution in [0.5, 0.6) is 0 Å². The van der Waals surface area contributed by atoms with Crippen LogP contribution in [0.1, 0.15) is 47.0 Å². The Balaban J connectivity index is 4.19. The third-order valence-corrected chi connectivity index (χ3v) is 5.23. The molecule has 0 amide bonds. The molecule has 0 fully saturated rings. The molecule has 0 heterocycles. The van der Waals surface area contributed by atoms with Gasteiger partial charge in [-0.3, -0.25) is 0 Å². The van der Waals surface area contributed by atoms with Crippen molar-refractivity contribution in [3.63, 3.8) is 0 Å². The van der Waals surface area contributed by atoms with Gasteiger partial charge in [0, 0.05) is 0 Å². The van der Waals surface area contributed by atoms with Gasteiger partial charge in [-0.15, -0.1) is 0 Å². The molecule has 0 rings (SSSR count). The van der Waals surface area contributed by atoms with Gasteiger partial charge in [-0.05, 0) is 0 Å². The molecule has 0 bridgehead atoms. The molecule has 0 aliphatic rings. The van der Waals surface area contributed by atoms with Gasteiger partial charge < -0.3 is 0 Å². The Morgan fingerprint density at radius 1 is 1.12 bits per heavy atom. The minimum atomic E-state index is -2.61. The van der Waals surface area contributed by atoms with E-state index in [1.165, 1.54) is 6.08 Å². The Bertz CT molecular complexity index is 233. The van der Waals surface area contributed by atoms with Gasteiger partial charge in [0.15, 0.2) is 0 Å². The average molecular weight is 301 g/mol. The van der Waals surface area contributed by atoms with E-state index >= 15 is 0 Å². The van der Waals surface area contributed by atoms with Crippen molar-refractivity contribution in [3.8, 4) is 0 Å². The Kier molecular flexibility index (Phi) is 10.7. The summed E-state index contributed by atoms with van der Waals surface area (Å²) in [4.78, 5) is 11.2. The van der Waals surface area contributed by atoms with Gasteiger partial charge in [0.2, 0.25) is 0 Å². The molecule has 1 radical (unpaired) electrons. The van der Waals surface area contributed by atoms with Crippen molar-refractivity contribution < 1.29 is 15.4 Å². The Morgan fingerprint density at radius 2 is 1.65 bits per heavy atom. The molecule has 0 aromatic heterocycles. The van der Waals surface area contributed by atoms with Gasteiger partial charge in [-0.2, -0.15) is 0 Å². The zero-order valence-electron chi connectivity index (χ0n) is 11.3. The van der Waals surface area contributed by atoms with Crippen molar-refractivity contribution in [3.05, 3.63) is 11.8 Å². The quantitative estimate of drug-likeness (QED) is 0.353. The second kappa shape index (κ2) is 10.9. The summed E-state index contributed by atoms with van der Waals surface area (Å²) in [6.45, 7) is 9.00. The fraction of sp³-hybridized carbons (Fsp3) is 0.750. The predicted molar refractivity (Wildman–Crippen MR) is 68.4 cm³/mol. The summed E-state index contributed by atoms with van der Waals surface area (Å²) >= 11 is -2.61. The first-order valence-corrected chi connectivity index (χ1v) is 9.21. The molecule has 0 aliphatic heterocycles. The first-order chi connectivity index (χ1) is 8.13. The predicted octanol–water partition coefficient (Wildman–Crippen LogP) is 2.72. The van der Waals surface area contributed by atoms with Crippen LogP contribution in [0.25, 0.3) is 0 Å². The van der Waals surface area contributed by atoms with E-state index in [-0.39, 0.29) is 5.78 Å². The molecule has 0 aliphatic carbocycles. The number of hydrogen-bond acceptors (Lipinski definition) is 4. The molecule has 0 N–H and O–H groups in total. The maximum absolute atomic E-state index is 11.2. The van der Waals surface area contributed by atoms with Gasteiger partial charge in [-0.25, -0.2) is 0 Å². The van der Waals surface area contributed by atoms with Crippen LogP contribution in [0.3, 0.4) is 0 Å². The number of carbonyl (C=O) groups excluding carboxylic acids is 1. The van der Waals surface area contributed by atoms with E-state index < -0.39 is 17.3 Å². The van der Waals surface area contributed by atoms with Crippen molar-refractivity contribution in [2.75, 3.05) is 13.2 Å². The number of rotatable bonds is 10. The van der Waals surface area contributed by atoms with Crippen molar-refractivity contribution in [2.45, 2.75) is 47.0 Å². The van der Waals surface area contributed by atoms with Gasteiger partial charge in [0.1, 0.15) is 0 Å². The first kappa shape index (κ1) is 16.8. The molecular weight excluding hydrogens is 278 g/mol. The van der Waals surface area contributed by atoms with Crippen molar-refractivity contribution in [1.29, 1.82) is 0 Å². The molecule has 99 valence electrons. The summed E-state index contributed by atoms with van der Waals surface area (Å²) < 4.78 is 16.8. The van der Waals surface area contributed by atoms with Crippen LogP contribution >= 0.6 is 0 Å². The third kappa shape index (κ3) is 9.47. The molecule has 0 unspecified atom stereocenters. The first-order valence-electron chi connectivity index (χ1n) is 6.24. The van der Waals surface area contributed by atoms with Crippen LogP contribution in [-0.2, 0) is 15.4 Å². The summed E-state index contributed by atoms with van der Waals surface area (Å²) in [5.74, 6) is 0.670. The molecule has 0 aromatic rings. The zero-order chi connectivity index (χ0) is 13.1. The number of carbonyl (C=O) groups is 1. The third-order valence-electron chi connectivity index (χ3n) is 1.91. The normalized spacial score (nSPS) is 11.9. The fourth-order valence-corrected chi connectivity index (χ4v) is 4.12. The van der Waals surface area contributed by atoms with E-state index in [1.54, 1.807) is 6.92 Å². The van der Waals surface area contributed by atoms with Crippen LogP contribution in [-0.4, -0.2) is 36.3 Å². The number of ketones is 1. The van der Waals surface area contributed by atoms with Crippen LogP contribution in [0.15, 0.2) is 11.8 Å². The molecule has 0 aromatic carbocycles. The Hall–Kier alpha value is -0.234. The SMILES string of the molecule is CCC[O][Ga-]([O]CCC)[O]C(C)=CC(=O)CC. The van der Waals surface area contributed by atoms with E-state index in [0.29, 0.717) is 25.4 Å². The van der Waals surface area contributed by atoms with Gasteiger partial charge in [0.25, 0.3) is 0 Å². The van der Waals surface area contributed by atoms with Crippen LogP contribution in [0.4, 0.5) is 0 Å². The molecule has 0 spiro atoms. The topological polar surface area (TPSA) is 44.8 Å². The van der Waals surface area contributed by atoms with E-state index in [4.69, 9.17) is 10.6 Å². The van der Waals surface area contributed by atoms with Crippen molar-refractivity contribution in [2.24, 2.45) is 0 Å². The van der Waals surface area contributed by atoms with E-state index in [9.17, 15) is 4.79 Å². The monoisotopic (exact) mass is 300 g/mol. The maximum atomic E-state index is 11.2. The van der Waals surface area contributed by atoms with Crippen LogP contribution in [0, 0.1) is 0 Å². The Labute approximate surface area is 111 Å². The minimum absolute atomic E-state index is 0.0645. The molecular formula is C12H23GaO4-. The van der Waals surface area contributed by atoms with Crippen LogP contribution in [0.2, 0.25) is 0 Å². The van der Waals surface area contributed by atoms with E-state index in [0.717, 1.165) is 12.8 Å². The van der Waals surface area contributed by atoms with E-state index in [2.05, 4.69) is 0 Å². The summed E-state index contributed by atoms with van der Waals surface area (Å²) in [6, 6.07) is 0. The van der Waals surface area contributed by atoms with Crippen molar-refractivity contribution >= 4 is 23.1 Å². The molecule has 0 saturated heterocycles. The Morgan fingerprint density at radius 3 is 2.06 bits per heavy atom. The summed E-state index contributed by atoms with van der Waals surface area (Å²) in [6.07, 6.45) is 3.89. The van der Waals surface area contributed by atoms with E-state index in [1.807, 2.05) is 20.8 Å². The number of hydrogen-bond donors (Lipinski definition) is 0. The molecule has 0 atom stereocenters. The van der Waals surface area contributed by atoms with Crippen molar-refractivity contribution in [1.82, 2.24) is 0 Å². The van der Waals surface area contributed by atoms with Crippen LogP contribution < -0.4 is 0 Å². The zero-order valence-corrected chi connectivity index (χ0v) is 13.7. The number of allylic oxidation sites excluding steroid dienone is 2. The standard InChI is InChI=1S/C6H10O2.2C3H7O.Ga/c1-3-6(8)4-5(2)7;2*1-2-3-4;/h4,7H,3H2,1-2H3;2*2-3H2,1H3;/q;2*-1;+2/p-1. The molecule has 5 heteroatoms. The summed E-state index contributed by atoms with van der Waals surface area (Å²) in [5.41, 5.74) is 0. The summed E-state index contributed by atoms with van der Waals surface area (Å²) in [7, 11) is 0. The fourth-order valence-electron chi connectivity index (χ4n) is 1.06. The molecule has 4 nitrogen and oxygen atoms in total.